The molecule has 3 heteroatoms. The van der Waals surface area contributed by atoms with Crippen molar-refractivity contribution in [3.8, 4) is 0 Å². The lowest BCUT2D eigenvalue weighted by Crippen LogP contribution is -2.29. The molecule has 1 amide bonds. The normalized spacial score (nSPS) is 19.4. The number of aliphatic imine (C=N–C) groups is 1. The van der Waals surface area contributed by atoms with E-state index in [1.54, 1.807) is 0 Å². The van der Waals surface area contributed by atoms with Crippen LogP contribution in [0.5, 0.6) is 0 Å². The van der Waals surface area contributed by atoms with Crippen molar-refractivity contribution in [3.63, 3.8) is 0 Å². The van der Waals surface area contributed by atoms with Gasteiger partial charge in [-0.3, -0.25) is 4.79 Å². The van der Waals surface area contributed by atoms with Crippen LogP contribution in [-0.2, 0) is 17.6 Å². The number of benzene rings is 2. The molecule has 1 aliphatic carbocycles. The highest BCUT2D eigenvalue weighted by molar-refractivity contribution is 5.87. The molecule has 0 spiro atoms. The second-order valence-electron chi connectivity index (χ2n) is 8.74. The number of nitrogens with two attached hydrogens (primary N) is 1. The zero-order valence-electron chi connectivity index (χ0n) is 18.1. The number of nitrogens with zero attached hydrogens (tertiary/aromatic N) is 1. The molecule has 1 saturated carbocycles. The zero-order chi connectivity index (χ0) is 21.0. The van der Waals surface area contributed by atoms with Crippen LogP contribution in [0, 0.1) is 11.8 Å². The molecule has 0 radical (unpaired) electrons. The van der Waals surface area contributed by atoms with Gasteiger partial charge in [-0.25, -0.2) is 4.99 Å². The lowest BCUT2D eigenvalue weighted by Gasteiger charge is -2.23. The molecule has 3 rings (SSSR count). The van der Waals surface area contributed by atoms with Gasteiger partial charge in [-0.05, 0) is 81.3 Å². The number of carbonyl (C=O) groups is 1. The molecule has 2 aromatic carbocycles. The monoisotopic (exact) mass is 404 g/mol. The first-order valence-corrected chi connectivity index (χ1v) is 11.6. The van der Waals surface area contributed by atoms with Gasteiger partial charge >= 0.3 is 0 Å². The van der Waals surface area contributed by atoms with E-state index in [2.05, 4.69) is 65.7 Å². The van der Waals surface area contributed by atoms with E-state index in [1.165, 1.54) is 11.1 Å². The molecular formula is C27H36N2O. The first-order chi connectivity index (χ1) is 14.7. The van der Waals surface area contributed by atoms with Crippen LogP contribution in [0.1, 0.15) is 62.5 Å². The van der Waals surface area contributed by atoms with Gasteiger partial charge in [0.15, 0.2) is 0 Å². The minimum atomic E-state index is 0.0676. The summed E-state index contributed by atoms with van der Waals surface area (Å²) in [6.07, 6.45) is 12.2. The Balaban J connectivity index is 1.51. The summed E-state index contributed by atoms with van der Waals surface area (Å²) in [7, 11) is 0. The van der Waals surface area contributed by atoms with E-state index < -0.39 is 0 Å². The number of carbonyl (C=O) groups excluding carboxylic acids is 1. The van der Waals surface area contributed by atoms with Crippen molar-refractivity contribution in [1.29, 1.82) is 0 Å². The highest BCUT2D eigenvalue weighted by atomic mass is 16.1. The van der Waals surface area contributed by atoms with Crippen LogP contribution in [0.4, 0.5) is 0 Å². The van der Waals surface area contributed by atoms with Gasteiger partial charge in [0.2, 0.25) is 5.91 Å². The molecule has 2 N–H and O–H groups in total. The van der Waals surface area contributed by atoms with Crippen LogP contribution in [0.15, 0.2) is 65.7 Å². The molecule has 1 fully saturated rings. The molecule has 160 valence electrons. The second kappa shape index (κ2) is 12.4. The van der Waals surface area contributed by atoms with Crippen LogP contribution in [0.2, 0.25) is 0 Å². The maximum atomic E-state index is 12.6. The molecule has 0 heterocycles. The molecule has 3 nitrogen and oxygen atoms in total. The minimum absolute atomic E-state index is 0.0676. The van der Waals surface area contributed by atoms with Gasteiger partial charge in [-0.15, -0.1) is 0 Å². The van der Waals surface area contributed by atoms with E-state index in [0.29, 0.717) is 5.92 Å². The molecule has 2 aromatic rings. The van der Waals surface area contributed by atoms with Gasteiger partial charge in [0.1, 0.15) is 0 Å². The van der Waals surface area contributed by atoms with Crippen molar-refractivity contribution in [2.45, 2.75) is 70.3 Å². The van der Waals surface area contributed by atoms with Crippen molar-refractivity contribution < 1.29 is 4.79 Å². The maximum absolute atomic E-state index is 12.6. The summed E-state index contributed by atoms with van der Waals surface area (Å²) in [4.78, 5) is 17.0. The fourth-order valence-electron chi connectivity index (χ4n) is 4.37. The molecule has 0 aliphatic heterocycles. The SMILES string of the molecule is N[C@H]1CC[C@@H](C(=O)/N=C\C(CCCc2ccccc2)CCCc2ccccc2)CC1. The average molecular weight is 405 g/mol. The summed E-state index contributed by atoms with van der Waals surface area (Å²) >= 11 is 0. The molecule has 0 aromatic heterocycles. The molecule has 0 bridgehead atoms. The molecule has 30 heavy (non-hydrogen) atoms. The summed E-state index contributed by atoms with van der Waals surface area (Å²) in [6, 6.07) is 21.6. The van der Waals surface area contributed by atoms with E-state index in [1.807, 2.05) is 6.21 Å². The zero-order valence-corrected chi connectivity index (χ0v) is 18.1. The number of rotatable bonds is 10. The fourth-order valence-corrected chi connectivity index (χ4v) is 4.37. The lowest BCUT2D eigenvalue weighted by molar-refractivity contribution is -0.122. The van der Waals surface area contributed by atoms with Gasteiger partial charge in [0.05, 0.1) is 0 Å². The van der Waals surface area contributed by atoms with E-state index in [0.717, 1.165) is 64.2 Å². The van der Waals surface area contributed by atoms with Gasteiger partial charge in [0, 0.05) is 18.2 Å². The Morgan fingerprint density at radius 3 is 1.87 bits per heavy atom. The Kier molecular flexibility index (Phi) is 9.30. The molecule has 1 aliphatic rings. The van der Waals surface area contributed by atoms with E-state index in [9.17, 15) is 4.79 Å². The Labute approximate surface area is 181 Å². The Bertz CT molecular complexity index is 718. The van der Waals surface area contributed by atoms with Crippen LogP contribution in [0.25, 0.3) is 0 Å². The van der Waals surface area contributed by atoms with Gasteiger partial charge in [0.25, 0.3) is 0 Å². The number of hydrogen-bond donors (Lipinski definition) is 1. The molecule has 0 saturated heterocycles. The van der Waals surface area contributed by atoms with Crippen LogP contribution in [0.3, 0.4) is 0 Å². The largest absolute Gasteiger partial charge is 0.328 e. The standard InChI is InChI=1S/C27H36N2O/c28-26-19-17-25(18-20-26)27(30)29-21-24(15-7-13-22-9-3-1-4-10-22)16-8-14-23-11-5-2-6-12-23/h1-6,9-12,21,24-26H,7-8,13-20,28H2/b29-21-/t25-,26+. The van der Waals surface area contributed by atoms with Gasteiger partial charge in [-0.1, -0.05) is 60.7 Å². The number of amides is 1. The predicted octanol–water partition coefficient (Wildman–Crippen LogP) is 5.76. The first kappa shape index (κ1) is 22.4. The van der Waals surface area contributed by atoms with Crippen LogP contribution in [-0.4, -0.2) is 18.2 Å². The van der Waals surface area contributed by atoms with Crippen molar-refractivity contribution in [1.82, 2.24) is 0 Å². The van der Waals surface area contributed by atoms with Crippen molar-refractivity contribution >= 4 is 12.1 Å². The van der Waals surface area contributed by atoms with E-state index in [4.69, 9.17) is 5.73 Å². The highest BCUT2D eigenvalue weighted by Gasteiger charge is 2.24. The molecule has 0 unspecified atom stereocenters. The van der Waals surface area contributed by atoms with Crippen LogP contribution >= 0.6 is 0 Å². The third-order valence-corrected chi connectivity index (χ3v) is 6.30. The number of hydrogen-bond acceptors (Lipinski definition) is 2. The average Bonchev–Trinajstić information content (AvgIpc) is 2.79. The summed E-state index contributed by atoms with van der Waals surface area (Å²) in [5, 5.41) is 0. The lowest BCUT2D eigenvalue weighted by atomic mass is 9.86. The quantitative estimate of drug-likeness (QED) is 0.512. The molecule has 0 atom stereocenters. The highest BCUT2D eigenvalue weighted by Crippen LogP contribution is 2.24. The smallest absolute Gasteiger partial charge is 0.248 e. The predicted molar refractivity (Wildman–Crippen MR) is 126 cm³/mol. The van der Waals surface area contributed by atoms with Gasteiger partial charge < -0.3 is 5.73 Å². The Morgan fingerprint density at radius 2 is 1.37 bits per heavy atom. The third-order valence-electron chi connectivity index (χ3n) is 6.30. The van der Waals surface area contributed by atoms with E-state index >= 15 is 0 Å². The van der Waals surface area contributed by atoms with Crippen molar-refractivity contribution in [3.05, 3.63) is 71.8 Å². The fraction of sp³-hybridized carbons (Fsp3) is 0.481. The van der Waals surface area contributed by atoms with E-state index in [-0.39, 0.29) is 17.9 Å². The number of aryl methyl sites for hydroxylation is 2. The van der Waals surface area contributed by atoms with Crippen molar-refractivity contribution in [2.24, 2.45) is 22.6 Å². The van der Waals surface area contributed by atoms with Gasteiger partial charge in [-0.2, -0.15) is 0 Å². The summed E-state index contributed by atoms with van der Waals surface area (Å²) in [5.74, 6) is 0.514. The Morgan fingerprint density at radius 1 is 0.867 bits per heavy atom. The third kappa shape index (κ3) is 7.87. The summed E-state index contributed by atoms with van der Waals surface area (Å²) < 4.78 is 0. The topological polar surface area (TPSA) is 55.5 Å². The second-order valence-corrected chi connectivity index (χ2v) is 8.74. The first-order valence-electron chi connectivity index (χ1n) is 11.6. The minimum Gasteiger partial charge on any atom is -0.328 e. The summed E-state index contributed by atoms with van der Waals surface area (Å²) in [5.41, 5.74) is 8.74. The maximum Gasteiger partial charge on any atom is 0.248 e. The molecular weight excluding hydrogens is 368 g/mol. The summed E-state index contributed by atoms with van der Waals surface area (Å²) in [6.45, 7) is 0. The van der Waals surface area contributed by atoms with Crippen LogP contribution < -0.4 is 5.73 Å². The van der Waals surface area contributed by atoms with Crippen molar-refractivity contribution in [2.75, 3.05) is 0 Å². The Hall–Kier alpha value is -2.26.